The highest BCUT2D eigenvalue weighted by Gasteiger charge is 2.31. The first-order valence-corrected chi connectivity index (χ1v) is 5.09. The van der Waals surface area contributed by atoms with Crippen LogP contribution in [0.5, 0.6) is 5.75 Å². The normalized spacial score (nSPS) is 12.6. The zero-order valence-electron chi connectivity index (χ0n) is 9.48. The zero-order valence-corrected chi connectivity index (χ0v) is 9.48. The summed E-state index contributed by atoms with van der Waals surface area (Å²) in [6.45, 7) is 0. The van der Waals surface area contributed by atoms with Crippen LogP contribution in [0.4, 0.5) is 13.2 Å². The lowest BCUT2D eigenvalue weighted by atomic mass is 10.0. The summed E-state index contributed by atoms with van der Waals surface area (Å²) in [6, 6.07) is 3.79. The van der Waals surface area contributed by atoms with E-state index in [1.165, 1.54) is 12.1 Å². The molecule has 0 radical (unpaired) electrons. The first-order chi connectivity index (χ1) is 8.81. The third kappa shape index (κ3) is 5.28. The Labute approximate surface area is 106 Å². The molecule has 0 aliphatic rings. The molecule has 2 N–H and O–H groups in total. The van der Waals surface area contributed by atoms with E-state index in [2.05, 4.69) is 10.1 Å². The molecule has 0 saturated carbocycles. The van der Waals surface area contributed by atoms with E-state index in [0.717, 1.165) is 12.1 Å². The van der Waals surface area contributed by atoms with Gasteiger partial charge < -0.3 is 15.2 Å². The molecule has 0 saturated heterocycles. The lowest BCUT2D eigenvalue weighted by molar-refractivity contribution is -0.274. The highest BCUT2D eigenvalue weighted by atomic mass is 19.4. The Balaban J connectivity index is 2.82. The van der Waals surface area contributed by atoms with Gasteiger partial charge in [-0.2, -0.15) is 0 Å². The van der Waals surface area contributed by atoms with E-state index >= 15 is 0 Å². The average Bonchev–Trinajstić information content (AvgIpc) is 2.27. The van der Waals surface area contributed by atoms with Crippen LogP contribution in [0.3, 0.4) is 0 Å². The number of alkyl halides is 3. The summed E-state index contributed by atoms with van der Waals surface area (Å²) >= 11 is 0. The monoisotopic (exact) mass is 277 g/mol. The van der Waals surface area contributed by atoms with Crippen LogP contribution in [-0.2, 0) is 9.59 Å². The summed E-state index contributed by atoms with van der Waals surface area (Å²) in [7, 11) is 0. The van der Waals surface area contributed by atoms with Crippen LogP contribution in [0.1, 0.15) is 18.0 Å². The fourth-order valence-electron chi connectivity index (χ4n) is 1.43. The molecule has 1 aromatic carbocycles. The number of carboxylic acids is 1. The molecular weight excluding hydrogens is 267 g/mol. The Kier molecular flexibility index (Phi) is 4.74. The summed E-state index contributed by atoms with van der Waals surface area (Å²) in [5.74, 6) is -1.56. The quantitative estimate of drug-likeness (QED) is 0.778. The van der Waals surface area contributed by atoms with Crippen molar-refractivity contribution in [3.63, 3.8) is 0 Å². The number of carbonyl (C=O) groups excluding carboxylic acids is 1. The van der Waals surface area contributed by atoms with Crippen molar-refractivity contribution in [2.24, 2.45) is 0 Å². The largest absolute Gasteiger partial charge is 0.573 e. The Bertz CT molecular complexity index is 444. The Hall–Kier alpha value is -2.25. The van der Waals surface area contributed by atoms with Crippen molar-refractivity contribution in [1.29, 1.82) is 0 Å². The second-order valence-corrected chi connectivity index (χ2v) is 3.55. The first-order valence-electron chi connectivity index (χ1n) is 5.09. The minimum atomic E-state index is -4.79. The minimum Gasteiger partial charge on any atom is -0.481 e. The minimum absolute atomic E-state index is 0.327. The van der Waals surface area contributed by atoms with E-state index in [1.807, 2.05) is 0 Å². The predicted octanol–water partition coefficient (Wildman–Crippen LogP) is 1.85. The van der Waals surface area contributed by atoms with Crippen molar-refractivity contribution >= 4 is 12.4 Å². The van der Waals surface area contributed by atoms with E-state index in [1.54, 1.807) is 0 Å². The second kappa shape index (κ2) is 6.07. The van der Waals surface area contributed by atoms with Gasteiger partial charge in [-0.1, -0.05) is 12.1 Å². The van der Waals surface area contributed by atoms with Gasteiger partial charge in [-0.15, -0.1) is 13.2 Å². The SMILES string of the molecule is O=CN[C@H](CC(=O)O)c1ccc(OC(F)(F)F)cc1. The van der Waals surface area contributed by atoms with Crippen LogP contribution >= 0.6 is 0 Å². The molecular formula is C11H10F3NO4. The Morgan fingerprint density at radius 1 is 1.37 bits per heavy atom. The number of benzene rings is 1. The smallest absolute Gasteiger partial charge is 0.481 e. The van der Waals surface area contributed by atoms with Gasteiger partial charge in [-0.3, -0.25) is 9.59 Å². The molecule has 0 unspecified atom stereocenters. The van der Waals surface area contributed by atoms with E-state index in [9.17, 15) is 22.8 Å². The van der Waals surface area contributed by atoms with Crippen molar-refractivity contribution in [2.45, 2.75) is 18.8 Å². The van der Waals surface area contributed by atoms with E-state index in [-0.39, 0.29) is 6.42 Å². The molecule has 1 aromatic rings. The number of aliphatic carboxylic acids is 1. The molecule has 0 bridgehead atoms. The van der Waals surface area contributed by atoms with Crippen LogP contribution in [0.15, 0.2) is 24.3 Å². The lowest BCUT2D eigenvalue weighted by Gasteiger charge is -2.15. The van der Waals surface area contributed by atoms with Crippen molar-refractivity contribution in [1.82, 2.24) is 5.32 Å². The van der Waals surface area contributed by atoms with Gasteiger partial charge in [0, 0.05) is 0 Å². The number of amides is 1. The number of carbonyl (C=O) groups is 2. The lowest BCUT2D eigenvalue weighted by Crippen LogP contribution is -2.22. The fourth-order valence-corrected chi connectivity index (χ4v) is 1.43. The molecule has 104 valence electrons. The summed E-state index contributed by atoms with van der Waals surface area (Å²) in [5, 5.41) is 10.9. The predicted molar refractivity (Wildman–Crippen MR) is 57.3 cm³/mol. The van der Waals surface area contributed by atoms with Gasteiger partial charge in [0.25, 0.3) is 0 Å². The van der Waals surface area contributed by atoms with Gasteiger partial charge in [0.15, 0.2) is 0 Å². The Morgan fingerprint density at radius 3 is 2.37 bits per heavy atom. The number of hydrogen-bond donors (Lipinski definition) is 2. The van der Waals surface area contributed by atoms with E-state index in [0.29, 0.717) is 12.0 Å². The molecule has 0 aromatic heterocycles. The molecule has 1 atom stereocenters. The summed E-state index contributed by atoms with van der Waals surface area (Å²) in [6.07, 6.45) is -4.84. The van der Waals surface area contributed by atoms with Crippen LogP contribution in [-0.4, -0.2) is 23.8 Å². The van der Waals surface area contributed by atoms with Crippen LogP contribution in [0, 0.1) is 0 Å². The number of ether oxygens (including phenoxy) is 1. The summed E-state index contributed by atoms with van der Waals surface area (Å²) in [4.78, 5) is 20.9. The second-order valence-electron chi connectivity index (χ2n) is 3.55. The highest BCUT2D eigenvalue weighted by molar-refractivity contribution is 5.68. The molecule has 0 aliphatic heterocycles. The van der Waals surface area contributed by atoms with E-state index in [4.69, 9.17) is 5.11 Å². The molecule has 19 heavy (non-hydrogen) atoms. The maximum atomic E-state index is 11.9. The average molecular weight is 277 g/mol. The maximum absolute atomic E-state index is 11.9. The number of hydrogen-bond acceptors (Lipinski definition) is 3. The van der Waals surface area contributed by atoms with Crippen LogP contribution < -0.4 is 10.1 Å². The van der Waals surface area contributed by atoms with Gasteiger partial charge in [-0.25, -0.2) is 0 Å². The fraction of sp³-hybridized carbons (Fsp3) is 0.273. The van der Waals surface area contributed by atoms with Crippen molar-refractivity contribution in [3.05, 3.63) is 29.8 Å². The summed E-state index contributed by atoms with van der Waals surface area (Å²) < 4.78 is 39.5. The van der Waals surface area contributed by atoms with Crippen LogP contribution in [0.25, 0.3) is 0 Å². The molecule has 1 amide bonds. The third-order valence-corrected chi connectivity index (χ3v) is 2.16. The third-order valence-electron chi connectivity index (χ3n) is 2.16. The highest BCUT2D eigenvalue weighted by Crippen LogP contribution is 2.25. The molecule has 0 aliphatic carbocycles. The van der Waals surface area contributed by atoms with Crippen molar-refractivity contribution in [3.8, 4) is 5.75 Å². The van der Waals surface area contributed by atoms with Crippen molar-refractivity contribution in [2.75, 3.05) is 0 Å². The summed E-state index contributed by atoms with van der Waals surface area (Å²) in [5.41, 5.74) is 0.365. The molecule has 0 fully saturated rings. The zero-order chi connectivity index (χ0) is 14.5. The molecule has 5 nitrogen and oxygen atoms in total. The van der Waals surface area contributed by atoms with Gasteiger partial charge in [-0.05, 0) is 17.7 Å². The standard InChI is InChI=1S/C11H10F3NO4/c12-11(13,14)19-8-3-1-7(2-4-8)9(15-6-16)5-10(17)18/h1-4,6,9H,5H2,(H,15,16)(H,17,18)/t9-/m1/s1. The number of carboxylic acid groups (broad SMARTS) is 1. The van der Waals surface area contributed by atoms with Gasteiger partial charge in [0.05, 0.1) is 12.5 Å². The number of halogens is 3. The number of rotatable bonds is 6. The topological polar surface area (TPSA) is 75.6 Å². The molecule has 0 spiro atoms. The number of nitrogens with one attached hydrogen (secondary N) is 1. The molecule has 1 rings (SSSR count). The van der Waals surface area contributed by atoms with E-state index < -0.39 is 24.1 Å². The first kappa shape index (κ1) is 14.8. The molecule has 0 heterocycles. The van der Waals surface area contributed by atoms with Gasteiger partial charge >= 0.3 is 12.3 Å². The van der Waals surface area contributed by atoms with Crippen LogP contribution in [0.2, 0.25) is 0 Å². The van der Waals surface area contributed by atoms with Crippen molar-refractivity contribution < 1.29 is 32.6 Å². The van der Waals surface area contributed by atoms with Gasteiger partial charge in [0.1, 0.15) is 5.75 Å². The Morgan fingerprint density at radius 2 is 1.95 bits per heavy atom. The van der Waals surface area contributed by atoms with Gasteiger partial charge in [0.2, 0.25) is 6.41 Å². The maximum Gasteiger partial charge on any atom is 0.573 e. The molecule has 8 heteroatoms.